The van der Waals surface area contributed by atoms with Gasteiger partial charge in [-0.05, 0) is 31.4 Å². The van der Waals surface area contributed by atoms with Crippen LogP contribution in [0.3, 0.4) is 0 Å². The molecule has 30 heavy (non-hydrogen) atoms. The van der Waals surface area contributed by atoms with Crippen LogP contribution in [0.2, 0.25) is 0 Å². The molecule has 0 atom stereocenters. The number of amides is 1. The average molecular weight is 403 g/mol. The van der Waals surface area contributed by atoms with Crippen LogP contribution in [0.25, 0.3) is 11.4 Å². The molecule has 1 aliphatic heterocycles. The van der Waals surface area contributed by atoms with Crippen molar-refractivity contribution in [2.45, 2.75) is 32.7 Å². The molecule has 2 heterocycles. The molecule has 4 rings (SSSR count). The van der Waals surface area contributed by atoms with Gasteiger partial charge in [0.25, 0.3) is 5.56 Å². The number of benzene rings is 2. The number of aliphatic hydroxyl groups excluding tert-OH is 1. The zero-order chi connectivity index (χ0) is 21.1. The Kier molecular flexibility index (Phi) is 5.77. The summed E-state index contributed by atoms with van der Waals surface area (Å²) in [6.45, 7) is 2.17. The van der Waals surface area contributed by atoms with Gasteiger partial charge in [-0.15, -0.1) is 0 Å². The lowest BCUT2D eigenvalue weighted by molar-refractivity contribution is -0.119. The summed E-state index contributed by atoms with van der Waals surface area (Å²) >= 11 is 0. The SMILES string of the molecule is Cc1nc(-c2ccccc2)n(CC(=O)N2CCCc3ccccc32)c(=O)c1CCO. The number of hydrogen-bond acceptors (Lipinski definition) is 4. The first kappa shape index (κ1) is 20.0. The highest BCUT2D eigenvalue weighted by Crippen LogP contribution is 2.27. The number of fused-ring (bicyclic) bond motifs is 1. The lowest BCUT2D eigenvalue weighted by Crippen LogP contribution is -2.41. The molecule has 6 nitrogen and oxygen atoms in total. The minimum atomic E-state index is -0.269. The molecule has 0 saturated heterocycles. The van der Waals surface area contributed by atoms with E-state index in [1.807, 2.05) is 54.6 Å². The monoisotopic (exact) mass is 403 g/mol. The van der Waals surface area contributed by atoms with Gasteiger partial charge >= 0.3 is 0 Å². The highest BCUT2D eigenvalue weighted by atomic mass is 16.3. The van der Waals surface area contributed by atoms with Crippen LogP contribution in [-0.2, 0) is 24.2 Å². The van der Waals surface area contributed by atoms with Gasteiger partial charge in [-0.1, -0.05) is 48.5 Å². The van der Waals surface area contributed by atoms with Crippen molar-refractivity contribution in [3.05, 3.63) is 81.8 Å². The number of carbonyl (C=O) groups is 1. The van der Waals surface area contributed by atoms with E-state index in [9.17, 15) is 14.7 Å². The quantitative estimate of drug-likeness (QED) is 0.711. The molecule has 0 radical (unpaired) electrons. The molecule has 1 amide bonds. The summed E-state index contributed by atoms with van der Waals surface area (Å²) in [6, 6.07) is 17.3. The average Bonchev–Trinajstić information content (AvgIpc) is 2.78. The van der Waals surface area contributed by atoms with Crippen LogP contribution < -0.4 is 10.5 Å². The van der Waals surface area contributed by atoms with Gasteiger partial charge in [-0.3, -0.25) is 14.2 Å². The summed E-state index contributed by atoms with van der Waals surface area (Å²) in [4.78, 5) is 33.0. The van der Waals surface area contributed by atoms with Crippen LogP contribution in [0.15, 0.2) is 59.4 Å². The summed E-state index contributed by atoms with van der Waals surface area (Å²) in [6.07, 6.45) is 2.06. The zero-order valence-electron chi connectivity index (χ0n) is 17.0. The Labute approximate surface area is 175 Å². The van der Waals surface area contributed by atoms with E-state index in [-0.39, 0.29) is 31.0 Å². The van der Waals surface area contributed by atoms with E-state index < -0.39 is 0 Å². The third-order valence-corrected chi connectivity index (χ3v) is 5.57. The van der Waals surface area contributed by atoms with Gasteiger partial charge < -0.3 is 10.0 Å². The molecule has 1 N–H and O–H groups in total. The number of para-hydroxylation sites is 1. The Hall–Kier alpha value is -3.25. The fourth-order valence-corrected chi connectivity index (χ4v) is 4.07. The van der Waals surface area contributed by atoms with Gasteiger partial charge in [0.2, 0.25) is 5.91 Å². The number of rotatable bonds is 5. The van der Waals surface area contributed by atoms with Crippen molar-refractivity contribution in [1.82, 2.24) is 9.55 Å². The Balaban J connectivity index is 1.77. The van der Waals surface area contributed by atoms with Crippen LogP contribution in [0.5, 0.6) is 0 Å². The van der Waals surface area contributed by atoms with E-state index in [0.29, 0.717) is 23.6 Å². The van der Waals surface area contributed by atoms with E-state index in [0.717, 1.165) is 29.7 Å². The molecule has 0 aliphatic carbocycles. The highest BCUT2D eigenvalue weighted by Gasteiger charge is 2.24. The van der Waals surface area contributed by atoms with E-state index in [2.05, 4.69) is 4.98 Å². The topological polar surface area (TPSA) is 75.4 Å². The van der Waals surface area contributed by atoms with Crippen molar-refractivity contribution in [2.75, 3.05) is 18.1 Å². The lowest BCUT2D eigenvalue weighted by atomic mass is 10.0. The van der Waals surface area contributed by atoms with E-state index in [1.165, 1.54) is 4.57 Å². The third-order valence-electron chi connectivity index (χ3n) is 5.57. The predicted molar refractivity (Wildman–Crippen MR) is 117 cm³/mol. The molecular formula is C24H25N3O3. The van der Waals surface area contributed by atoms with Crippen LogP contribution in [0, 0.1) is 6.92 Å². The van der Waals surface area contributed by atoms with Gasteiger partial charge in [-0.2, -0.15) is 0 Å². The van der Waals surface area contributed by atoms with Crippen LogP contribution in [0.1, 0.15) is 23.2 Å². The first-order valence-corrected chi connectivity index (χ1v) is 10.2. The second kappa shape index (κ2) is 8.63. The maximum Gasteiger partial charge on any atom is 0.257 e. The summed E-state index contributed by atoms with van der Waals surface area (Å²) in [5, 5.41) is 9.39. The summed E-state index contributed by atoms with van der Waals surface area (Å²) in [5.74, 6) is 0.334. The molecule has 1 aliphatic rings. The maximum atomic E-state index is 13.3. The van der Waals surface area contributed by atoms with Crippen molar-refractivity contribution >= 4 is 11.6 Å². The van der Waals surface area contributed by atoms with E-state index in [4.69, 9.17) is 0 Å². The largest absolute Gasteiger partial charge is 0.396 e. The fraction of sp³-hybridized carbons (Fsp3) is 0.292. The van der Waals surface area contributed by atoms with Crippen LogP contribution in [0.4, 0.5) is 5.69 Å². The smallest absolute Gasteiger partial charge is 0.257 e. The molecule has 154 valence electrons. The van der Waals surface area contributed by atoms with Gasteiger partial charge in [-0.25, -0.2) is 4.98 Å². The zero-order valence-corrected chi connectivity index (χ0v) is 17.0. The minimum absolute atomic E-state index is 0.0941. The first-order valence-electron chi connectivity index (χ1n) is 10.2. The number of anilines is 1. The molecule has 6 heteroatoms. The highest BCUT2D eigenvalue weighted by molar-refractivity contribution is 5.94. The predicted octanol–water partition coefficient (Wildman–Crippen LogP) is 2.73. The minimum Gasteiger partial charge on any atom is -0.396 e. The number of hydrogen-bond donors (Lipinski definition) is 1. The number of aryl methyl sites for hydroxylation is 2. The van der Waals surface area contributed by atoms with Crippen molar-refractivity contribution in [3.8, 4) is 11.4 Å². The van der Waals surface area contributed by atoms with Gasteiger partial charge in [0.1, 0.15) is 12.4 Å². The number of aromatic nitrogens is 2. The maximum absolute atomic E-state index is 13.3. The lowest BCUT2D eigenvalue weighted by Gasteiger charge is -2.30. The molecule has 0 unspecified atom stereocenters. The van der Waals surface area contributed by atoms with Crippen molar-refractivity contribution in [3.63, 3.8) is 0 Å². The molecule has 0 fully saturated rings. The molecule has 1 aromatic heterocycles. The third kappa shape index (κ3) is 3.78. The molecule has 0 bridgehead atoms. The number of nitrogens with zero attached hydrogens (tertiary/aromatic N) is 3. The van der Waals surface area contributed by atoms with Crippen LogP contribution in [-0.4, -0.2) is 33.7 Å². The number of carbonyl (C=O) groups excluding carboxylic acids is 1. The Bertz CT molecular complexity index is 1120. The molecular weight excluding hydrogens is 378 g/mol. The second-order valence-electron chi connectivity index (χ2n) is 7.51. The van der Waals surface area contributed by atoms with Crippen molar-refractivity contribution in [1.29, 1.82) is 0 Å². The Morgan fingerprint density at radius 3 is 2.60 bits per heavy atom. The van der Waals surface area contributed by atoms with Crippen LogP contribution >= 0.6 is 0 Å². The van der Waals surface area contributed by atoms with Crippen molar-refractivity contribution < 1.29 is 9.90 Å². The standard InChI is InChI=1S/C24H25N3O3/c1-17-20(13-15-28)24(30)27(23(25-17)19-9-3-2-4-10-19)16-22(29)26-14-7-11-18-8-5-6-12-21(18)26/h2-6,8-10,12,28H,7,11,13-16H2,1H3. The van der Waals surface area contributed by atoms with Gasteiger partial charge in [0, 0.05) is 42.1 Å². The normalized spacial score (nSPS) is 13.2. The first-order chi connectivity index (χ1) is 14.6. The molecule has 2 aromatic carbocycles. The van der Waals surface area contributed by atoms with E-state index >= 15 is 0 Å². The molecule has 3 aromatic rings. The summed E-state index contributed by atoms with van der Waals surface area (Å²) in [7, 11) is 0. The molecule has 0 saturated carbocycles. The summed E-state index contributed by atoms with van der Waals surface area (Å²) in [5.41, 5.74) is 3.60. The Morgan fingerprint density at radius 2 is 1.83 bits per heavy atom. The van der Waals surface area contributed by atoms with Gasteiger partial charge in [0.15, 0.2) is 0 Å². The second-order valence-corrected chi connectivity index (χ2v) is 7.51. The Morgan fingerprint density at radius 1 is 1.10 bits per heavy atom. The fourth-order valence-electron chi connectivity index (χ4n) is 4.07. The van der Waals surface area contributed by atoms with Gasteiger partial charge in [0.05, 0.1) is 0 Å². The number of aliphatic hydroxyl groups is 1. The van der Waals surface area contributed by atoms with E-state index in [1.54, 1.807) is 11.8 Å². The summed E-state index contributed by atoms with van der Waals surface area (Å²) < 4.78 is 1.45. The molecule has 0 spiro atoms. The van der Waals surface area contributed by atoms with Crippen molar-refractivity contribution in [2.24, 2.45) is 0 Å².